The Balaban J connectivity index is 2.50. The summed E-state index contributed by atoms with van der Waals surface area (Å²) in [5.74, 6) is -1.27. The zero-order chi connectivity index (χ0) is 12.4. The van der Waals surface area contributed by atoms with E-state index in [1.54, 1.807) is 13.1 Å². The molecule has 1 heterocycles. The van der Waals surface area contributed by atoms with Crippen molar-refractivity contribution in [1.29, 1.82) is 0 Å². The maximum Gasteiger partial charge on any atom is 0.318 e. The second-order valence-corrected chi connectivity index (χ2v) is 3.93. The molecule has 0 fully saturated rings. The molecule has 5 heteroatoms. The summed E-state index contributed by atoms with van der Waals surface area (Å²) in [4.78, 5) is 15.4. The lowest BCUT2D eigenvalue weighted by atomic mass is 9.97. The van der Waals surface area contributed by atoms with Crippen molar-refractivity contribution >= 4 is 5.97 Å². The Kier molecular flexibility index (Phi) is 2.91. The minimum absolute atomic E-state index is 0.433. The van der Waals surface area contributed by atoms with Gasteiger partial charge < -0.3 is 5.11 Å². The Bertz CT molecular complexity index is 548. The average Bonchev–Trinajstić information content (AvgIpc) is 2.65. The molecule has 0 aliphatic rings. The van der Waals surface area contributed by atoms with E-state index in [9.17, 15) is 9.90 Å². The molecule has 0 radical (unpaired) electrons. The quantitative estimate of drug-likeness (QED) is 0.865. The van der Waals surface area contributed by atoms with E-state index < -0.39 is 11.9 Å². The number of carboxylic acids is 1. The Labute approximate surface area is 98.7 Å². The summed E-state index contributed by atoms with van der Waals surface area (Å²) < 4.78 is 1.49. The summed E-state index contributed by atoms with van der Waals surface area (Å²) in [7, 11) is 1.69. The number of hydrogen-bond donors (Lipinski definition) is 1. The molecule has 17 heavy (non-hydrogen) atoms. The number of aromatic nitrogens is 3. The van der Waals surface area contributed by atoms with Gasteiger partial charge in [0.15, 0.2) is 0 Å². The van der Waals surface area contributed by atoms with Crippen molar-refractivity contribution in [1.82, 2.24) is 14.8 Å². The number of aryl methyl sites for hydroxylation is 2. The normalized spacial score (nSPS) is 12.4. The number of benzene rings is 1. The molecule has 0 saturated carbocycles. The van der Waals surface area contributed by atoms with Gasteiger partial charge in [-0.1, -0.05) is 29.8 Å². The highest BCUT2D eigenvalue weighted by Gasteiger charge is 2.26. The van der Waals surface area contributed by atoms with Gasteiger partial charge in [0.05, 0.1) is 0 Å². The van der Waals surface area contributed by atoms with Crippen LogP contribution in [0.2, 0.25) is 0 Å². The molecule has 0 aliphatic heterocycles. The van der Waals surface area contributed by atoms with Crippen LogP contribution >= 0.6 is 0 Å². The molecular formula is C12H13N3O2. The Morgan fingerprint density at radius 2 is 2.24 bits per heavy atom. The minimum Gasteiger partial charge on any atom is -0.480 e. The van der Waals surface area contributed by atoms with Crippen LogP contribution < -0.4 is 0 Å². The molecule has 2 aromatic rings. The summed E-state index contributed by atoms with van der Waals surface area (Å²) in [5.41, 5.74) is 1.74. The van der Waals surface area contributed by atoms with E-state index in [1.165, 1.54) is 11.0 Å². The van der Waals surface area contributed by atoms with Gasteiger partial charge in [0.1, 0.15) is 18.1 Å². The number of rotatable bonds is 3. The summed E-state index contributed by atoms with van der Waals surface area (Å²) in [6.07, 6.45) is 1.36. The highest BCUT2D eigenvalue weighted by Crippen LogP contribution is 2.23. The summed E-state index contributed by atoms with van der Waals surface area (Å²) in [6.45, 7) is 1.93. The predicted octanol–water partition coefficient (Wildman–Crippen LogP) is 1.34. The third kappa shape index (κ3) is 2.18. The summed E-state index contributed by atoms with van der Waals surface area (Å²) >= 11 is 0. The van der Waals surface area contributed by atoms with Crippen LogP contribution in [0.15, 0.2) is 30.6 Å². The SMILES string of the molecule is Cc1cccc(C(C(=O)O)c2ncnn2C)c1. The van der Waals surface area contributed by atoms with Crippen LogP contribution in [0.25, 0.3) is 0 Å². The minimum atomic E-state index is -0.924. The topological polar surface area (TPSA) is 68.0 Å². The van der Waals surface area contributed by atoms with Gasteiger partial charge >= 0.3 is 5.97 Å². The number of carbonyl (C=O) groups is 1. The fraction of sp³-hybridized carbons (Fsp3) is 0.250. The highest BCUT2D eigenvalue weighted by atomic mass is 16.4. The lowest BCUT2D eigenvalue weighted by Crippen LogP contribution is -2.17. The van der Waals surface area contributed by atoms with Crippen molar-refractivity contribution in [2.75, 3.05) is 0 Å². The van der Waals surface area contributed by atoms with Crippen molar-refractivity contribution in [3.8, 4) is 0 Å². The van der Waals surface area contributed by atoms with Crippen LogP contribution in [0, 0.1) is 6.92 Å². The first-order valence-electron chi connectivity index (χ1n) is 5.23. The summed E-state index contributed by atoms with van der Waals surface area (Å²) in [5, 5.41) is 13.2. The molecule has 88 valence electrons. The van der Waals surface area contributed by atoms with Crippen LogP contribution in [0.5, 0.6) is 0 Å². The molecule has 1 aromatic heterocycles. The van der Waals surface area contributed by atoms with Gasteiger partial charge in [-0.2, -0.15) is 5.10 Å². The second-order valence-electron chi connectivity index (χ2n) is 3.93. The Morgan fingerprint density at radius 3 is 2.76 bits per heavy atom. The number of aliphatic carboxylic acids is 1. The maximum atomic E-state index is 11.4. The van der Waals surface area contributed by atoms with E-state index in [1.807, 2.05) is 25.1 Å². The van der Waals surface area contributed by atoms with E-state index in [4.69, 9.17) is 0 Å². The van der Waals surface area contributed by atoms with E-state index >= 15 is 0 Å². The van der Waals surface area contributed by atoms with Gasteiger partial charge in [0, 0.05) is 7.05 Å². The molecule has 1 N–H and O–H groups in total. The first-order valence-corrected chi connectivity index (χ1v) is 5.23. The lowest BCUT2D eigenvalue weighted by molar-refractivity contribution is -0.137. The number of nitrogens with zero attached hydrogens (tertiary/aromatic N) is 3. The van der Waals surface area contributed by atoms with Crippen molar-refractivity contribution < 1.29 is 9.90 Å². The average molecular weight is 231 g/mol. The van der Waals surface area contributed by atoms with Crippen LogP contribution in [-0.4, -0.2) is 25.8 Å². The number of hydrogen-bond acceptors (Lipinski definition) is 3. The van der Waals surface area contributed by atoms with Gasteiger partial charge in [-0.3, -0.25) is 9.48 Å². The fourth-order valence-electron chi connectivity index (χ4n) is 1.82. The van der Waals surface area contributed by atoms with E-state index in [-0.39, 0.29) is 0 Å². The van der Waals surface area contributed by atoms with Gasteiger partial charge in [-0.05, 0) is 12.5 Å². The van der Waals surface area contributed by atoms with Crippen LogP contribution in [0.3, 0.4) is 0 Å². The van der Waals surface area contributed by atoms with Crippen LogP contribution in [0.4, 0.5) is 0 Å². The van der Waals surface area contributed by atoms with Crippen molar-refractivity contribution in [3.63, 3.8) is 0 Å². The molecule has 1 unspecified atom stereocenters. The highest BCUT2D eigenvalue weighted by molar-refractivity contribution is 5.79. The smallest absolute Gasteiger partial charge is 0.318 e. The van der Waals surface area contributed by atoms with Gasteiger partial charge in [-0.25, -0.2) is 4.98 Å². The second kappa shape index (κ2) is 4.37. The maximum absolute atomic E-state index is 11.4. The Morgan fingerprint density at radius 1 is 1.47 bits per heavy atom. The zero-order valence-corrected chi connectivity index (χ0v) is 9.66. The summed E-state index contributed by atoms with van der Waals surface area (Å²) in [6, 6.07) is 7.42. The van der Waals surface area contributed by atoms with E-state index in [0.717, 1.165) is 5.56 Å². The molecule has 0 aliphatic carbocycles. The van der Waals surface area contributed by atoms with E-state index in [0.29, 0.717) is 11.4 Å². The van der Waals surface area contributed by atoms with Gasteiger partial charge in [0.2, 0.25) is 0 Å². The van der Waals surface area contributed by atoms with Crippen LogP contribution in [0.1, 0.15) is 22.9 Å². The molecule has 1 atom stereocenters. The predicted molar refractivity (Wildman–Crippen MR) is 61.7 cm³/mol. The van der Waals surface area contributed by atoms with Gasteiger partial charge in [-0.15, -0.1) is 0 Å². The molecule has 0 saturated heterocycles. The third-order valence-corrected chi connectivity index (χ3v) is 2.63. The standard InChI is InChI=1S/C12H13N3O2/c1-8-4-3-5-9(6-8)10(12(16)17)11-13-7-14-15(11)2/h3-7,10H,1-2H3,(H,16,17). The third-order valence-electron chi connectivity index (χ3n) is 2.63. The first kappa shape index (κ1) is 11.3. The zero-order valence-electron chi connectivity index (χ0n) is 9.66. The first-order chi connectivity index (χ1) is 8.09. The van der Waals surface area contributed by atoms with E-state index in [2.05, 4.69) is 10.1 Å². The lowest BCUT2D eigenvalue weighted by Gasteiger charge is -2.12. The Hall–Kier alpha value is -2.17. The number of carboxylic acid groups (broad SMARTS) is 1. The fourth-order valence-corrected chi connectivity index (χ4v) is 1.82. The van der Waals surface area contributed by atoms with Crippen molar-refractivity contribution in [3.05, 3.63) is 47.5 Å². The monoisotopic (exact) mass is 231 g/mol. The molecule has 0 spiro atoms. The van der Waals surface area contributed by atoms with Gasteiger partial charge in [0.25, 0.3) is 0 Å². The molecule has 5 nitrogen and oxygen atoms in total. The van der Waals surface area contributed by atoms with Crippen molar-refractivity contribution in [2.45, 2.75) is 12.8 Å². The molecule has 0 bridgehead atoms. The largest absolute Gasteiger partial charge is 0.480 e. The molecule has 1 aromatic carbocycles. The molecular weight excluding hydrogens is 218 g/mol. The van der Waals surface area contributed by atoms with Crippen molar-refractivity contribution in [2.24, 2.45) is 7.05 Å². The molecule has 0 amide bonds. The molecule has 2 rings (SSSR count). The van der Waals surface area contributed by atoms with Crippen LogP contribution in [-0.2, 0) is 11.8 Å².